The zero-order chi connectivity index (χ0) is 13.7. The summed E-state index contributed by atoms with van der Waals surface area (Å²) in [5.41, 5.74) is 7.96. The molecule has 100 valence electrons. The molecule has 0 aliphatic heterocycles. The summed E-state index contributed by atoms with van der Waals surface area (Å²) in [6.07, 6.45) is 2.77. The van der Waals surface area contributed by atoms with Crippen molar-refractivity contribution >= 4 is 27.4 Å². The molecule has 1 aromatic heterocycles. The Morgan fingerprint density at radius 1 is 1.21 bits per heavy atom. The van der Waals surface area contributed by atoms with Crippen LogP contribution in [0.15, 0.2) is 47.1 Å². The second-order valence-electron chi connectivity index (χ2n) is 4.39. The number of aromatic nitrogens is 1. The Hall–Kier alpha value is -1.39. The Morgan fingerprint density at radius 3 is 2.63 bits per heavy atom. The first kappa shape index (κ1) is 14.0. The van der Waals surface area contributed by atoms with Gasteiger partial charge in [-0.25, -0.2) is 4.98 Å². The lowest BCUT2D eigenvalue weighted by Gasteiger charge is -2.25. The summed E-state index contributed by atoms with van der Waals surface area (Å²) in [4.78, 5) is 6.71. The van der Waals surface area contributed by atoms with Gasteiger partial charge in [-0.05, 0) is 59.6 Å². The van der Waals surface area contributed by atoms with Gasteiger partial charge in [0.25, 0.3) is 0 Å². The summed E-state index contributed by atoms with van der Waals surface area (Å²) in [7, 11) is 0. The fraction of sp³-hybridized carbons (Fsp3) is 0.267. The molecule has 0 radical (unpaired) electrons. The summed E-state index contributed by atoms with van der Waals surface area (Å²) in [6.45, 7) is 3.60. The number of nitrogens with two attached hydrogens (primary N) is 1. The van der Waals surface area contributed by atoms with Crippen molar-refractivity contribution in [2.45, 2.75) is 13.3 Å². The van der Waals surface area contributed by atoms with Gasteiger partial charge in [-0.2, -0.15) is 0 Å². The van der Waals surface area contributed by atoms with Gasteiger partial charge >= 0.3 is 0 Å². The minimum Gasteiger partial charge on any atom is -0.330 e. The number of hydrogen-bond donors (Lipinski definition) is 1. The monoisotopic (exact) mass is 319 g/mol. The minimum atomic E-state index is 0.673. The molecular formula is C15H18BrN3. The number of anilines is 2. The van der Waals surface area contributed by atoms with Crippen LogP contribution in [0.2, 0.25) is 0 Å². The molecule has 0 aliphatic rings. The van der Waals surface area contributed by atoms with E-state index in [1.807, 2.05) is 30.5 Å². The lowest BCUT2D eigenvalue weighted by atomic mass is 10.2. The van der Waals surface area contributed by atoms with Crippen molar-refractivity contribution in [1.82, 2.24) is 4.98 Å². The van der Waals surface area contributed by atoms with Crippen LogP contribution in [-0.2, 0) is 0 Å². The normalized spacial score (nSPS) is 10.5. The minimum absolute atomic E-state index is 0.673. The molecule has 2 aromatic rings. The third-order valence-electron chi connectivity index (χ3n) is 2.97. The molecule has 0 unspecified atom stereocenters. The fourth-order valence-corrected chi connectivity index (χ4v) is 2.38. The highest BCUT2D eigenvalue weighted by Gasteiger charge is 2.14. The van der Waals surface area contributed by atoms with E-state index in [2.05, 4.69) is 44.9 Å². The Kier molecular flexibility index (Phi) is 4.93. The van der Waals surface area contributed by atoms with Crippen LogP contribution < -0.4 is 10.6 Å². The molecule has 0 spiro atoms. The van der Waals surface area contributed by atoms with Crippen molar-refractivity contribution in [1.29, 1.82) is 0 Å². The van der Waals surface area contributed by atoms with Crippen LogP contribution in [0.4, 0.5) is 11.5 Å². The van der Waals surface area contributed by atoms with E-state index < -0.39 is 0 Å². The molecule has 2 N–H and O–H groups in total. The highest BCUT2D eigenvalue weighted by Crippen LogP contribution is 2.32. The summed E-state index contributed by atoms with van der Waals surface area (Å²) in [5.74, 6) is 0.944. The van der Waals surface area contributed by atoms with E-state index in [9.17, 15) is 0 Å². The topological polar surface area (TPSA) is 42.2 Å². The van der Waals surface area contributed by atoms with Crippen LogP contribution >= 0.6 is 15.9 Å². The molecule has 2 rings (SSSR count). The van der Waals surface area contributed by atoms with Gasteiger partial charge < -0.3 is 10.6 Å². The second kappa shape index (κ2) is 6.68. The number of aryl methyl sites for hydroxylation is 1. The third kappa shape index (κ3) is 3.33. The van der Waals surface area contributed by atoms with Gasteiger partial charge in [-0.15, -0.1) is 0 Å². The first-order valence-corrected chi connectivity index (χ1v) is 7.17. The average Bonchev–Trinajstić information content (AvgIpc) is 2.45. The first-order valence-electron chi connectivity index (χ1n) is 6.38. The molecule has 0 atom stereocenters. The van der Waals surface area contributed by atoms with Gasteiger partial charge in [-0.3, -0.25) is 0 Å². The lowest BCUT2D eigenvalue weighted by Crippen LogP contribution is -2.22. The Bertz CT molecular complexity index is 528. The fourth-order valence-electron chi connectivity index (χ4n) is 1.93. The molecule has 0 saturated carbocycles. The van der Waals surface area contributed by atoms with Crippen molar-refractivity contribution in [2.75, 3.05) is 18.0 Å². The highest BCUT2D eigenvalue weighted by molar-refractivity contribution is 9.10. The van der Waals surface area contributed by atoms with Crippen molar-refractivity contribution in [3.05, 3.63) is 52.6 Å². The van der Waals surface area contributed by atoms with Gasteiger partial charge in [0.15, 0.2) is 0 Å². The van der Waals surface area contributed by atoms with Crippen LogP contribution in [0.1, 0.15) is 12.0 Å². The molecule has 0 fully saturated rings. The maximum atomic E-state index is 5.64. The van der Waals surface area contributed by atoms with Crippen LogP contribution in [-0.4, -0.2) is 18.1 Å². The second-order valence-corrected chi connectivity index (χ2v) is 5.19. The Labute approximate surface area is 122 Å². The quantitative estimate of drug-likeness (QED) is 0.914. The molecule has 3 nitrogen and oxygen atoms in total. The number of halogens is 1. The molecule has 0 amide bonds. The molecular weight excluding hydrogens is 302 g/mol. The molecule has 19 heavy (non-hydrogen) atoms. The van der Waals surface area contributed by atoms with Gasteiger partial charge in [0, 0.05) is 18.4 Å². The van der Waals surface area contributed by atoms with E-state index in [-0.39, 0.29) is 0 Å². The first-order chi connectivity index (χ1) is 9.24. The van der Waals surface area contributed by atoms with E-state index in [0.29, 0.717) is 6.54 Å². The highest BCUT2D eigenvalue weighted by atomic mass is 79.9. The largest absolute Gasteiger partial charge is 0.330 e. The number of benzene rings is 1. The van der Waals surface area contributed by atoms with Gasteiger partial charge in [0.2, 0.25) is 0 Å². The molecule has 0 bridgehead atoms. The zero-order valence-corrected chi connectivity index (χ0v) is 12.6. The van der Waals surface area contributed by atoms with Crippen LogP contribution in [0.5, 0.6) is 0 Å². The number of pyridine rings is 1. The van der Waals surface area contributed by atoms with E-state index >= 15 is 0 Å². The van der Waals surface area contributed by atoms with E-state index in [1.165, 1.54) is 5.56 Å². The SMILES string of the molecule is Cc1ccnc(N(CCCN)c2ccccc2)c1Br. The maximum Gasteiger partial charge on any atom is 0.147 e. The van der Waals surface area contributed by atoms with Gasteiger partial charge in [0.1, 0.15) is 5.82 Å². The van der Waals surface area contributed by atoms with Crippen LogP contribution in [0.3, 0.4) is 0 Å². The van der Waals surface area contributed by atoms with Crippen molar-refractivity contribution < 1.29 is 0 Å². The van der Waals surface area contributed by atoms with Crippen molar-refractivity contribution in [3.63, 3.8) is 0 Å². The zero-order valence-electron chi connectivity index (χ0n) is 11.0. The Morgan fingerprint density at radius 2 is 1.95 bits per heavy atom. The maximum absolute atomic E-state index is 5.64. The lowest BCUT2D eigenvalue weighted by molar-refractivity contribution is 0.808. The van der Waals surface area contributed by atoms with Gasteiger partial charge in [-0.1, -0.05) is 18.2 Å². The van der Waals surface area contributed by atoms with E-state index in [0.717, 1.165) is 28.9 Å². The standard InChI is InChI=1S/C15H18BrN3/c1-12-8-10-18-15(14(12)16)19(11-5-9-17)13-6-3-2-4-7-13/h2-4,6-8,10H,5,9,11,17H2,1H3. The van der Waals surface area contributed by atoms with E-state index in [4.69, 9.17) is 5.73 Å². The van der Waals surface area contributed by atoms with Crippen molar-refractivity contribution in [3.8, 4) is 0 Å². The van der Waals surface area contributed by atoms with E-state index in [1.54, 1.807) is 0 Å². The van der Waals surface area contributed by atoms with Crippen molar-refractivity contribution in [2.24, 2.45) is 5.73 Å². The molecule has 1 heterocycles. The van der Waals surface area contributed by atoms with Crippen LogP contribution in [0.25, 0.3) is 0 Å². The predicted octanol–water partition coefficient (Wildman–Crippen LogP) is 3.64. The Balaban J connectivity index is 2.40. The molecule has 0 saturated heterocycles. The number of nitrogens with zero attached hydrogens (tertiary/aromatic N) is 2. The average molecular weight is 320 g/mol. The van der Waals surface area contributed by atoms with Gasteiger partial charge in [0.05, 0.1) is 4.47 Å². The molecule has 0 aliphatic carbocycles. The summed E-state index contributed by atoms with van der Waals surface area (Å²) < 4.78 is 1.04. The van der Waals surface area contributed by atoms with Crippen LogP contribution in [0, 0.1) is 6.92 Å². The summed E-state index contributed by atoms with van der Waals surface area (Å²) in [6, 6.07) is 12.3. The smallest absolute Gasteiger partial charge is 0.147 e. The number of hydrogen-bond acceptors (Lipinski definition) is 3. The number of para-hydroxylation sites is 1. The molecule has 4 heteroatoms. The number of rotatable bonds is 5. The third-order valence-corrected chi connectivity index (χ3v) is 3.95. The predicted molar refractivity (Wildman–Crippen MR) is 83.8 cm³/mol. The summed E-state index contributed by atoms with van der Waals surface area (Å²) >= 11 is 3.63. The molecule has 1 aromatic carbocycles. The summed E-state index contributed by atoms with van der Waals surface area (Å²) in [5, 5.41) is 0.